The van der Waals surface area contributed by atoms with Crippen molar-refractivity contribution in [2.45, 2.75) is 32.2 Å². The fourth-order valence-electron chi connectivity index (χ4n) is 2.20. The molecule has 2 nitrogen and oxygen atoms in total. The summed E-state index contributed by atoms with van der Waals surface area (Å²) in [5.41, 5.74) is 6.06. The molecule has 0 heterocycles. The third-order valence-corrected chi connectivity index (χ3v) is 2.90. The van der Waals surface area contributed by atoms with Crippen LogP contribution in [-0.4, -0.2) is 31.6 Å². The lowest BCUT2D eigenvalue weighted by Crippen LogP contribution is -2.40. The van der Waals surface area contributed by atoms with E-state index in [0.717, 1.165) is 18.4 Å². The molecule has 72 valence electrons. The predicted molar refractivity (Wildman–Crippen MR) is 53.0 cm³/mol. The quantitative estimate of drug-likeness (QED) is 0.677. The summed E-state index contributed by atoms with van der Waals surface area (Å²) in [5, 5.41) is 0. The molecule has 0 amide bonds. The van der Waals surface area contributed by atoms with Crippen molar-refractivity contribution >= 4 is 0 Å². The summed E-state index contributed by atoms with van der Waals surface area (Å²) in [7, 11) is 4.26. The SMILES string of the molecule is CC1CCC(N)C(CN(C)C)C1. The van der Waals surface area contributed by atoms with E-state index in [1.807, 2.05) is 0 Å². The molecule has 0 aromatic rings. The van der Waals surface area contributed by atoms with E-state index in [-0.39, 0.29) is 0 Å². The molecular formula is C10H22N2. The first-order chi connectivity index (χ1) is 5.59. The molecule has 1 saturated carbocycles. The molecule has 1 rings (SSSR count). The van der Waals surface area contributed by atoms with E-state index in [4.69, 9.17) is 5.73 Å². The zero-order chi connectivity index (χ0) is 9.14. The molecule has 0 radical (unpaired) electrons. The summed E-state index contributed by atoms with van der Waals surface area (Å²) in [5.74, 6) is 1.61. The van der Waals surface area contributed by atoms with Gasteiger partial charge in [0.2, 0.25) is 0 Å². The molecule has 1 fully saturated rings. The second-order valence-electron chi connectivity index (χ2n) is 4.60. The number of nitrogens with zero attached hydrogens (tertiary/aromatic N) is 1. The molecule has 2 heteroatoms. The van der Waals surface area contributed by atoms with Crippen LogP contribution < -0.4 is 5.73 Å². The predicted octanol–water partition coefficient (Wildman–Crippen LogP) is 1.31. The zero-order valence-electron chi connectivity index (χ0n) is 8.59. The molecule has 0 bridgehead atoms. The average Bonchev–Trinajstić information content (AvgIpc) is 1.96. The summed E-state index contributed by atoms with van der Waals surface area (Å²) >= 11 is 0. The van der Waals surface area contributed by atoms with Gasteiger partial charge in [-0.1, -0.05) is 6.92 Å². The lowest BCUT2D eigenvalue weighted by Gasteiger charge is -2.34. The van der Waals surface area contributed by atoms with Gasteiger partial charge in [0, 0.05) is 12.6 Å². The Bertz CT molecular complexity index is 132. The Morgan fingerprint density at radius 2 is 2.00 bits per heavy atom. The molecule has 2 N–H and O–H groups in total. The van der Waals surface area contributed by atoms with Gasteiger partial charge in [-0.3, -0.25) is 0 Å². The van der Waals surface area contributed by atoms with E-state index in [9.17, 15) is 0 Å². The van der Waals surface area contributed by atoms with Gasteiger partial charge in [-0.05, 0) is 45.2 Å². The standard InChI is InChI=1S/C10H22N2/c1-8-4-5-10(11)9(6-8)7-12(2)3/h8-10H,4-7,11H2,1-3H3. The van der Waals surface area contributed by atoms with E-state index in [1.54, 1.807) is 0 Å². The normalized spacial score (nSPS) is 37.2. The number of rotatable bonds is 2. The Balaban J connectivity index is 2.38. The van der Waals surface area contributed by atoms with Gasteiger partial charge in [0.25, 0.3) is 0 Å². The largest absolute Gasteiger partial charge is 0.327 e. The van der Waals surface area contributed by atoms with Crippen molar-refractivity contribution in [2.24, 2.45) is 17.6 Å². The van der Waals surface area contributed by atoms with Crippen LogP contribution in [0.4, 0.5) is 0 Å². The molecule has 1 aliphatic rings. The Morgan fingerprint density at radius 3 is 2.58 bits per heavy atom. The van der Waals surface area contributed by atoms with E-state index in [0.29, 0.717) is 6.04 Å². The van der Waals surface area contributed by atoms with Crippen molar-refractivity contribution in [3.05, 3.63) is 0 Å². The van der Waals surface area contributed by atoms with Crippen molar-refractivity contribution in [3.63, 3.8) is 0 Å². The maximum absolute atomic E-state index is 6.06. The van der Waals surface area contributed by atoms with E-state index in [1.165, 1.54) is 19.3 Å². The van der Waals surface area contributed by atoms with Crippen LogP contribution in [0.25, 0.3) is 0 Å². The van der Waals surface area contributed by atoms with Crippen LogP contribution in [0.3, 0.4) is 0 Å². The highest BCUT2D eigenvalue weighted by Crippen LogP contribution is 2.27. The molecule has 3 atom stereocenters. The Labute approximate surface area is 76.1 Å². The Morgan fingerprint density at radius 1 is 1.33 bits per heavy atom. The van der Waals surface area contributed by atoms with Crippen molar-refractivity contribution < 1.29 is 0 Å². The van der Waals surface area contributed by atoms with Gasteiger partial charge in [-0.25, -0.2) is 0 Å². The van der Waals surface area contributed by atoms with E-state index >= 15 is 0 Å². The van der Waals surface area contributed by atoms with Crippen LogP contribution in [0.1, 0.15) is 26.2 Å². The fraction of sp³-hybridized carbons (Fsp3) is 1.00. The molecule has 0 spiro atoms. The van der Waals surface area contributed by atoms with Crippen LogP contribution in [0.15, 0.2) is 0 Å². The molecular weight excluding hydrogens is 148 g/mol. The summed E-state index contributed by atoms with van der Waals surface area (Å²) in [4.78, 5) is 2.25. The van der Waals surface area contributed by atoms with Gasteiger partial charge in [-0.15, -0.1) is 0 Å². The van der Waals surface area contributed by atoms with Crippen molar-refractivity contribution in [1.82, 2.24) is 4.90 Å². The van der Waals surface area contributed by atoms with Gasteiger partial charge < -0.3 is 10.6 Å². The molecule has 1 aliphatic carbocycles. The highest BCUT2D eigenvalue weighted by molar-refractivity contribution is 4.82. The first kappa shape index (κ1) is 10.0. The molecule has 3 unspecified atom stereocenters. The highest BCUT2D eigenvalue weighted by atomic mass is 15.1. The van der Waals surface area contributed by atoms with Gasteiger partial charge in [0.15, 0.2) is 0 Å². The maximum Gasteiger partial charge on any atom is 0.00795 e. The van der Waals surface area contributed by atoms with Crippen LogP contribution >= 0.6 is 0 Å². The highest BCUT2D eigenvalue weighted by Gasteiger charge is 2.25. The fourth-order valence-corrected chi connectivity index (χ4v) is 2.20. The van der Waals surface area contributed by atoms with Gasteiger partial charge in [0.1, 0.15) is 0 Å². The summed E-state index contributed by atoms with van der Waals surface area (Å²) < 4.78 is 0. The third kappa shape index (κ3) is 2.76. The van der Waals surface area contributed by atoms with Crippen molar-refractivity contribution in [1.29, 1.82) is 0 Å². The minimum atomic E-state index is 0.448. The van der Waals surface area contributed by atoms with Crippen LogP contribution in [0, 0.1) is 11.8 Å². The van der Waals surface area contributed by atoms with Crippen LogP contribution in [0.2, 0.25) is 0 Å². The van der Waals surface area contributed by atoms with Gasteiger partial charge >= 0.3 is 0 Å². The average molecular weight is 170 g/mol. The van der Waals surface area contributed by atoms with E-state index in [2.05, 4.69) is 25.9 Å². The third-order valence-electron chi connectivity index (χ3n) is 2.90. The maximum atomic E-state index is 6.06. The Kier molecular flexibility index (Phi) is 3.53. The van der Waals surface area contributed by atoms with Crippen LogP contribution in [-0.2, 0) is 0 Å². The van der Waals surface area contributed by atoms with Crippen molar-refractivity contribution in [3.8, 4) is 0 Å². The Hall–Kier alpha value is -0.0800. The summed E-state index contributed by atoms with van der Waals surface area (Å²) in [6.45, 7) is 3.50. The number of nitrogens with two attached hydrogens (primary N) is 1. The van der Waals surface area contributed by atoms with Crippen LogP contribution in [0.5, 0.6) is 0 Å². The number of hydrogen-bond acceptors (Lipinski definition) is 2. The minimum Gasteiger partial charge on any atom is -0.327 e. The first-order valence-electron chi connectivity index (χ1n) is 5.00. The van der Waals surface area contributed by atoms with E-state index < -0.39 is 0 Å². The van der Waals surface area contributed by atoms with Gasteiger partial charge in [-0.2, -0.15) is 0 Å². The molecule has 0 saturated heterocycles. The monoisotopic (exact) mass is 170 g/mol. The van der Waals surface area contributed by atoms with Crippen molar-refractivity contribution in [2.75, 3.05) is 20.6 Å². The first-order valence-corrected chi connectivity index (χ1v) is 5.00. The molecule has 0 aromatic heterocycles. The second kappa shape index (κ2) is 4.24. The second-order valence-corrected chi connectivity index (χ2v) is 4.60. The molecule has 12 heavy (non-hydrogen) atoms. The smallest absolute Gasteiger partial charge is 0.00795 e. The molecule has 0 aliphatic heterocycles. The van der Waals surface area contributed by atoms with Gasteiger partial charge in [0.05, 0.1) is 0 Å². The summed E-state index contributed by atoms with van der Waals surface area (Å²) in [6.07, 6.45) is 3.87. The minimum absolute atomic E-state index is 0.448. The topological polar surface area (TPSA) is 29.3 Å². The lowest BCUT2D eigenvalue weighted by atomic mass is 9.79. The number of hydrogen-bond donors (Lipinski definition) is 1. The lowest BCUT2D eigenvalue weighted by molar-refractivity contribution is 0.197. The zero-order valence-corrected chi connectivity index (χ0v) is 8.59. The summed E-state index contributed by atoms with van der Waals surface area (Å²) in [6, 6.07) is 0.448. The molecule has 0 aromatic carbocycles.